The van der Waals surface area contributed by atoms with E-state index in [9.17, 15) is 4.79 Å². The molecule has 2 saturated heterocycles. The maximum atomic E-state index is 12.6. The molecule has 0 N–H and O–H groups in total. The van der Waals surface area contributed by atoms with Crippen molar-refractivity contribution in [3.63, 3.8) is 0 Å². The van der Waals surface area contributed by atoms with Crippen LogP contribution in [0.2, 0.25) is 0 Å². The summed E-state index contributed by atoms with van der Waals surface area (Å²) in [5, 5.41) is 0. The predicted octanol–water partition coefficient (Wildman–Crippen LogP) is 0.285. The first-order valence-electron chi connectivity index (χ1n) is 8.30. The molecule has 23 heavy (non-hydrogen) atoms. The molecule has 1 amide bonds. The summed E-state index contributed by atoms with van der Waals surface area (Å²) < 4.78 is 0. The number of rotatable bonds is 3. The molecule has 1 atom stereocenters. The van der Waals surface area contributed by atoms with Crippen molar-refractivity contribution in [1.82, 2.24) is 19.8 Å². The minimum Gasteiger partial charge on any atom is -0.363 e. The predicted molar refractivity (Wildman–Crippen MR) is 90.8 cm³/mol. The summed E-state index contributed by atoms with van der Waals surface area (Å²) in [5.74, 6) is 1.94. The molecular weight excluding hydrogens is 292 g/mol. The van der Waals surface area contributed by atoms with Gasteiger partial charge in [0.1, 0.15) is 5.82 Å². The second-order valence-electron chi connectivity index (χ2n) is 6.56. The Morgan fingerprint density at radius 1 is 1.22 bits per heavy atom. The van der Waals surface area contributed by atoms with Gasteiger partial charge in [-0.05, 0) is 32.5 Å². The third-order valence-electron chi connectivity index (χ3n) is 4.77. The van der Waals surface area contributed by atoms with E-state index in [-0.39, 0.29) is 11.9 Å². The van der Waals surface area contributed by atoms with Crippen LogP contribution in [0.1, 0.15) is 12.8 Å². The van der Waals surface area contributed by atoms with Crippen LogP contribution in [-0.4, -0.2) is 85.6 Å². The molecule has 2 aliphatic heterocycles. The van der Waals surface area contributed by atoms with Gasteiger partial charge >= 0.3 is 0 Å². The number of hydrogen-bond acceptors (Lipinski definition) is 6. The summed E-state index contributed by atoms with van der Waals surface area (Å²) in [5.41, 5.74) is 0. The Labute approximate surface area is 137 Å². The summed E-state index contributed by atoms with van der Waals surface area (Å²) in [6.45, 7) is 4.11. The molecule has 7 heteroatoms. The van der Waals surface area contributed by atoms with Gasteiger partial charge in [0.25, 0.3) is 0 Å². The summed E-state index contributed by atoms with van der Waals surface area (Å²) in [6, 6.07) is 1.98. The van der Waals surface area contributed by atoms with E-state index in [1.807, 2.05) is 37.0 Å². The van der Waals surface area contributed by atoms with Crippen LogP contribution in [0.3, 0.4) is 0 Å². The van der Waals surface area contributed by atoms with Crippen LogP contribution in [0, 0.1) is 0 Å². The lowest BCUT2D eigenvalue weighted by atomic mass is 10.2. The van der Waals surface area contributed by atoms with Gasteiger partial charge in [-0.3, -0.25) is 9.69 Å². The number of amides is 1. The first kappa shape index (κ1) is 16.0. The number of likely N-dealkylation sites (N-methyl/N-ethyl adjacent to an activating group) is 1. The molecule has 3 rings (SSSR count). The molecule has 0 bridgehead atoms. The van der Waals surface area contributed by atoms with Crippen molar-refractivity contribution in [2.45, 2.75) is 18.9 Å². The molecular formula is C16H26N6O. The maximum absolute atomic E-state index is 12.6. The van der Waals surface area contributed by atoms with Gasteiger partial charge in [0.2, 0.25) is 11.9 Å². The third kappa shape index (κ3) is 3.39. The number of piperazine rings is 1. The summed E-state index contributed by atoms with van der Waals surface area (Å²) in [4.78, 5) is 29.9. The van der Waals surface area contributed by atoms with Crippen molar-refractivity contribution in [2.24, 2.45) is 0 Å². The Balaban J connectivity index is 1.60. The molecule has 0 aromatic carbocycles. The molecule has 1 unspecified atom stereocenters. The highest BCUT2D eigenvalue weighted by Crippen LogP contribution is 2.19. The molecule has 2 fully saturated rings. The van der Waals surface area contributed by atoms with E-state index in [4.69, 9.17) is 0 Å². The highest BCUT2D eigenvalue weighted by atomic mass is 16.2. The van der Waals surface area contributed by atoms with Crippen molar-refractivity contribution < 1.29 is 4.79 Å². The van der Waals surface area contributed by atoms with Crippen LogP contribution in [0.15, 0.2) is 12.3 Å². The van der Waals surface area contributed by atoms with E-state index in [0.717, 1.165) is 57.3 Å². The van der Waals surface area contributed by atoms with Crippen molar-refractivity contribution in [3.8, 4) is 0 Å². The fourth-order valence-corrected chi connectivity index (χ4v) is 3.30. The van der Waals surface area contributed by atoms with Crippen LogP contribution in [0.4, 0.5) is 11.8 Å². The number of aromatic nitrogens is 2. The largest absolute Gasteiger partial charge is 0.363 e. The molecule has 2 aliphatic rings. The van der Waals surface area contributed by atoms with Crippen molar-refractivity contribution in [3.05, 3.63) is 12.3 Å². The lowest BCUT2D eigenvalue weighted by Gasteiger charge is -2.37. The van der Waals surface area contributed by atoms with Gasteiger partial charge < -0.3 is 14.7 Å². The van der Waals surface area contributed by atoms with E-state index >= 15 is 0 Å². The quantitative estimate of drug-likeness (QED) is 0.798. The van der Waals surface area contributed by atoms with Gasteiger partial charge in [-0.15, -0.1) is 0 Å². The Kier molecular flexibility index (Phi) is 4.66. The Morgan fingerprint density at radius 3 is 2.57 bits per heavy atom. The molecule has 0 saturated carbocycles. The number of nitrogens with zero attached hydrogens (tertiary/aromatic N) is 6. The van der Waals surface area contributed by atoms with Gasteiger partial charge in [0.05, 0.1) is 6.04 Å². The number of carbonyl (C=O) groups excluding carboxylic acids is 1. The van der Waals surface area contributed by atoms with E-state index in [1.54, 1.807) is 6.20 Å². The molecule has 1 aromatic rings. The summed E-state index contributed by atoms with van der Waals surface area (Å²) in [6.07, 6.45) is 3.91. The number of carbonyl (C=O) groups is 1. The molecule has 0 radical (unpaired) electrons. The Morgan fingerprint density at radius 2 is 1.96 bits per heavy atom. The lowest BCUT2D eigenvalue weighted by Crippen LogP contribution is -2.53. The first-order chi connectivity index (χ1) is 11.1. The number of anilines is 2. The van der Waals surface area contributed by atoms with Crippen molar-refractivity contribution in [1.29, 1.82) is 0 Å². The average Bonchev–Trinajstić information content (AvgIpc) is 3.00. The zero-order valence-electron chi connectivity index (χ0n) is 14.3. The Bertz CT molecular complexity index is 555. The Hall–Kier alpha value is -1.89. The number of likely N-dealkylation sites (tertiary alicyclic amines) is 1. The van der Waals surface area contributed by atoms with E-state index < -0.39 is 0 Å². The first-order valence-corrected chi connectivity index (χ1v) is 8.30. The van der Waals surface area contributed by atoms with Crippen LogP contribution < -0.4 is 9.80 Å². The highest BCUT2D eigenvalue weighted by molar-refractivity contribution is 5.82. The lowest BCUT2D eigenvalue weighted by molar-refractivity contribution is -0.135. The SMILES string of the molecule is CN(C)c1ccnc(N2CCN(C(=O)C3CCCN3C)CC2)n1. The van der Waals surface area contributed by atoms with E-state index in [0.29, 0.717) is 0 Å². The molecule has 0 spiro atoms. The summed E-state index contributed by atoms with van der Waals surface area (Å²) in [7, 11) is 5.99. The smallest absolute Gasteiger partial charge is 0.240 e. The maximum Gasteiger partial charge on any atom is 0.240 e. The second-order valence-corrected chi connectivity index (χ2v) is 6.56. The minimum absolute atomic E-state index is 0.0786. The van der Waals surface area contributed by atoms with Crippen LogP contribution in [-0.2, 0) is 4.79 Å². The molecule has 0 aliphatic carbocycles. The highest BCUT2D eigenvalue weighted by Gasteiger charge is 2.33. The fraction of sp³-hybridized carbons (Fsp3) is 0.688. The molecule has 1 aromatic heterocycles. The van der Waals surface area contributed by atoms with Crippen LogP contribution in [0.5, 0.6) is 0 Å². The molecule has 126 valence electrons. The number of hydrogen-bond donors (Lipinski definition) is 0. The van der Waals surface area contributed by atoms with Gasteiger partial charge in [0.15, 0.2) is 0 Å². The third-order valence-corrected chi connectivity index (χ3v) is 4.77. The zero-order valence-corrected chi connectivity index (χ0v) is 14.3. The normalized spacial score (nSPS) is 22.5. The van der Waals surface area contributed by atoms with Crippen molar-refractivity contribution in [2.75, 3.05) is 63.7 Å². The van der Waals surface area contributed by atoms with Crippen LogP contribution in [0.25, 0.3) is 0 Å². The molecule has 3 heterocycles. The van der Waals surface area contributed by atoms with Crippen LogP contribution >= 0.6 is 0 Å². The molecule has 7 nitrogen and oxygen atoms in total. The van der Waals surface area contributed by atoms with Gasteiger partial charge in [0, 0.05) is 46.5 Å². The second kappa shape index (κ2) is 6.70. The average molecular weight is 318 g/mol. The summed E-state index contributed by atoms with van der Waals surface area (Å²) >= 11 is 0. The monoisotopic (exact) mass is 318 g/mol. The fourth-order valence-electron chi connectivity index (χ4n) is 3.30. The van der Waals surface area contributed by atoms with E-state index in [1.165, 1.54) is 0 Å². The standard InChI is InChI=1S/C16H26N6O/c1-19(2)14-6-7-17-16(18-14)22-11-9-21(10-12-22)15(23)13-5-4-8-20(13)3/h6-7,13H,4-5,8-12H2,1-3H3. The van der Waals surface area contributed by atoms with Gasteiger partial charge in [-0.25, -0.2) is 4.98 Å². The van der Waals surface area contributed by atoms with Gasteiger partial charge in [-0.2, -0.15) is 4.98 Å². The topological polar surface area (TPSA) is 55.8 Å². The minimum atomic E-state index is 0.0786. The van der Waals surface area contributed by atoms with E-state index in [2.05, 4.69) is 19.8 Å². The van der Waals surface area contributed by atoms with Crippen molar-refractivity contribution >= 4 is 17.7 Å². The van der Waals surface area contributed by atoms with Gasteiger partial charge in [-0.1, -0.05) is 0 Å². The zero-order chi connectivity index (χ0) is 16.4.